The van der Waals surface area contributed by atoms with Crippen LogP contribution in [0.2, 0.25) is 5.02 Å². The van der Waals surface area contributed by atoms with E-state index < -0.39 is 5.17 Å². The second kappa shape index (κ2) is 8.09. The Balaban J connectivity index is 0.000000487. The summed E-state index contributed by atoms with van der Waals surface area (Å²) in [5.41, 5.74) is 5.42. The number of nitrogens with two attached hydrogens (primary N) is 1. The Labute approximate surface area is 109 Å². The first-order valence-corrected chi connectivity index (χ1v) is 5.31. The monoisotopic (exact) mass is 278 g/mol. The molecule has 0 bridgehead atoms. The lowest BCUT2D eigenvalue weighted by Gasteiger charge is -2.01. The highest BCUT2D eigenvalue weighted by Crippen LogP contribution is 2.08. The lowest BCUT2D eigenvalue weighted by Crippen LogP contribution is -2.19. The number of rotatable bonds is 2. The summed E-state index contributed by atoms with van der Waals surface area (Å²) in [4.78, 5) is 0. The van der Waals surface area contributed by atoms with Gasteiger partial charge in [-0.25, -0.2) is 0 Å². The van der Waals surface area contributed by atoms with E-state index in [1.807, 2.05) is 12.1 Å². The Morgan fingerprint density at radius 3 is 2.06 bits per heavy atom. The van der Waals surface area contributed by atoms with E-state index in [9.17, 15) is 0 Å². The minimum Gasteiger partial charge on any atom is -0.487 e. The van der Waals surface area contributed by atoms with Gasteiger partial charge in [-0.05, 0) is 42.1 Å². The number of thiocarbonyl (C=S) groups is 2. The second-order valence-electron chi connectivity index (χ2n) is 2.62. The van der Waals surface area contributed by atoms with E-state index in [2.05, 4.69) is 35.5 Å². The molecule has 5 N–H and O–H groups in total. The van der Waals surface area contributed by atoms with Gasteiger partial charge < -0.3 is 21.3 Å². The molecule has 0 aliphatic carbocycles. The molecule has 0 unspecified atom stereocenters. The van der Waals surface area contributed by atoms with Gasteiger partial charge >= 0.3 is 0 Å². The normalized spacial score (nSPS) is 8.56. The van der Waals surface area contributed by atoms with Crippen molar-refractivity contribution in [2.75, 3.05) is 0 Å². The molecule has 0 saturated heterocycles. The van der Waals surface area contributed by atoms with Crippen LogP contribution in [0.4, 0.5) is 0 Å². The van der Waals surface area contributed by atoms with Crippen molar-refractivity contribution in [1.82, 2.24) is 5.32 Å². The van der Waals surface area contributed by atoms with Crippen molar-refractivity contribution in [1.29, 1.82) is 0 Å². The Kier molecular flexibility index (Phi) is 7.53. The molecule has 0 aliphatic rings. The van der Waals surface area contributed by atoms with Gasteiger partial charge in [-0.2, -0.15) is 0 Å². The highest BCUT2D eigenvalue weighted by Gasteiger charge is 1.93. The third-order valence-corrected chi connectivity index (χ3v) is 1.75. The fourth-order valence-electron chi connectivity index (χ4n) is 0.780. The Hall–Kier alpha value is -1.11. The third kappa shape index (κ3) is 9.45. The van der Waals surface area contributed by atoms with Gasteiger partial charge in [0.2, 0.25) is 0 Å². The van der Waals surface area contributed by atoms with Gasteiger partial charge in [-0.1, -0.05) is 23.7 Å². The van der Waals surface area contributed by atoms with Crippen LogP contribution in [0, 0.1) is 0 Å². The molecule has 0 aromatic heterocycles. The second-order valence-corrected chi connectivity index (χ2v) is 3.86. The van der Waals surface area contributed by atoms with Crippen molar-refractivity contribution in [3.63, 3.8) is 0 Å². The lowest BCUT2D eigenvalue weighted by molar-refractivity contribution is 0.530. The van der Waals surface area contributed by atoms with Gasteiger partial charge in [0.25, 0.3) is 10.3 Å². The van der Waals surface area contributed by atoms with Crippen LogP contribution in [0.15, 0.2) is 24.3 Å². The first kappa shape index (κ1) is 14.9. The van der Waals surface area contributed by atoms with Crippen molar-refractivity contribution in [2.24, 2.45) is 5.73 Å². The van der Waals surface area contributed by atoms with Crippen LogP contribution in [0.5, 0.6) is 0 Å². The van der Waals surface area contributed by atoms with Crippen molar-refractivity contribution in [3.05, 3.63) is 34.9 Å². The van der Waals surface area contributed by atoms with Crippen LogP contribution in [-0.4, -0.2) is 20.6 Å². The Morgan fingerprint density at radius 1 is 1.25 bits per heavy atom. The van der Waals surface area contributed by atoms with E-state index in [4.69, 9.17) is 21.8 Å². The maximum atomic E-state index is 8.66. The fourth-order valence-corrected chi connectivity index (χ4v) is 0.978. The van der Waals surface area contributed by atoms with Gasteiger partial charge in [0.15, 0.2) is 0 Å². The summed E-state index contributed by atoms with van der Waals surface area (Å²) >= 11 is 14.0. The van der Waals surface area contributed by atoms with Gasteiger partial charge in [0, 0.05) is 11.6 Å². The summed E-state index contributed by atoms with van der Waals surface area (Å²) in [6.45, 7) is 0.520. The smallest absolute Gasteiger partial charge is 0.254 e. The molecular weight excluding hydrogens is 268 g/mol. The van der Waals surface area contributed by atoms with Crippen LogP contribution in [0.25, 0.3) is 0 Å². The van der Waals surface area contributed by atoms with Crippen LogP contribution >= 0.6 is 36.0 Å². The van der Waals surface area contributed by atoms with E-state index in [0.717, 1.165) is 5.56 Å². The van der Waals surface area contributed by atoms with Crippen LogP contribution in [0.3, 0.4) is 0 Å². The zero-order chi connectivity index (χ0) is 12.6. The van der Waals surface area contributed by atoms with Crippen LogP contribution < -0.4 is 11.1 Å². The average molecular weight is 279 g/mol. The molecule has 0 fully saturated rings. The zero-order valence-electron chi connectivity index (χ0n) is 8.18. The molecule has 88 valence electrons. The number of halogens is 1. The first-order chi connectivity index (χ1) is 7.41. The summed E-state index contributed by atoms with van der Waals surface area (Å²) in [6, 6.07) is 7.32. The van der Waals surface area contributed by atoms with Gasteiger partial charge in [-0.15, -0.1) is 0 Å². The highest BCUT2D eigenvalue weighted by atomic mass is 35.5. The molecule has 7 heteroatoms. The molecule has 16 heavy (non-hydrogen) atoms. The lowest BCUT2D eigenvalue weighted by atomic mass is 10.2. The minimum atomic E-state index is -0.500. The largest absolute Gasteiger partial charge is 0.487 e. The average Bonchev–Trinajstić information content (AvgIpc) is 2.16. The highest BCUT2D eigenvalue weighted by molar-refractivity contribution is 7.80. The Morgan fingerprint density at radius 2 is 1.69 bits per heavy atom. The number of benzene rings is 1. The van der Waals surface area contributed by atoms with E-state index in [1.165, 1.54) is 0 Å². The molecule has 0 heterocycles. The van der Waals surface area contributed by atoms with Crippen LogP contribution in [0.1, 0.15) is 5.56 Å². The number of hydrogen-bond acceptors (Lipinski definition) is 2. The number of aliphatic hydroxyl groups is 2. The summed E-state index contributed by atoms with van der Waals surface area (Å²) in [7, 11) is 0. The van der Waals surface area contributed by atoms with Crippen molar-refractivity contribution in [3.8, 4) is 0 Å². The molecule has 0 saturated carbocycles. The minimum absolute atomic E-state index is 0.190. The van der Waals surface area contributed by atoms with Gasteiger partial charge in [-0.3, -0.25) is 0 Å². The van der Waals surface area contributed by atoms with Crippen LogP contribution in [-0.2, 0) is 6.54 Å². The molecule has 1 rings (SSSR count). The standard InChI is InChI=1S/C8H8ClNOS.CH3NOS/c9-7-3-1-6(2-4-7)5-10-8(11)12;2-1(3)4/h1-4H,5H2,(H2,10,11,12);(H3,2,3,4). The molecule has 0 radical (unpaired) electrons. The molecule has 1 aromatic carbocycles. The number of hydrogen-bond donors (Lipinski definition) is 4. The topological polar surface area (TPSA) is 78.5 Å². The van der Waals surface area contributed by atoms with Crippen molar-refractivity contribution < 1.29 is 10.2 Å². The summed E-state index contributed by atoms with van der Waals surface area (Å²) in [5.74, 6) is 0. The maximum Gasteiger partial charge on any atom is 0.254 e. The fraction of sp³-hybridized carbons (Fsp3) is 0.111. The first-order valence-electron chi connectivity index (χ1n) is 4.11. The molecule has 0 aliphatic heterocycles. The van der Waals surface area contributed by atoms with Gasteiger partial charge in [0.05, 0.1) is 0 Å². The SMILES string of the molecule is NC(O)=S.OC(=S)NCc1ccc(Cl)cc1. The summed E-state index contributed by atoms with van der Waals surface area (Å²) < 4.78 is 0. The zero-order valence-corrected chi connectivity index (χ0v) is 10.6. The van der Waals surface area contributed by atoms with E-state index in [1.54, 1.807) is 12.1 Å². The van der Waals surface area contributed by atoms with E-state index in [0.29, 0.717) is 11.6 Å². The van der Waals surface area contributed by atoms with E-state index >= 15 is 0 Å². The van der Waals surface area contributed by atoms with Crippen molar-refractivity contribution >= 4 is 46.4 Å². The molecule has 0 atom stereocenters. The number of nitrogens with one attached hydrogen (secondary N) is 1. The molecule has 0 spiro atoms. The summed E-state index contributed by atoms with van der Waals surface area (Å²) in [6.07, 6.45) is 0. The quantitative estimate of drug-likeness (QED) is 0.620. The van der Waals surface area contributed by atoms with Crippen molar-refractivity contribution in [2.45, 2.75) is 6.54 Å². The third-order valence-electron chi connectivity index (χ3n) is 1.36. The molecule has 1 aromatic rings. The Bertz CT molecular complexity index is 353. The number of aliphatic hydroxyl groups excluding tert-OH is 2. The van der Waals surface area contributed by atoms with Gasteiger partial charge in [0.1, 0.15) is 0 Å². The molecule has 0 amide bonds. The maximum absolute atomic E-state index is 8.66. The van der Waals surface area contributed by atoms with E-state index in [-0.39, 0.29) is 5.17 Å². The summed E-state index contributed by atoms with van der Waals surface area (Å²) in [5, 5.41) is 18.9. The molecular formula is C9H11ClN2O2S2. The molecule has 4 nitrogen and oxygen atoms in total. The predicted octanol–water partition coefficient (Wildman–Crippen LogP) is 2.06. The predicted molar refractivity (Wildman–Crippen MR) is 72.9 cm³/mol.